The average molecular weight is 392 g/mol. The summed E-state index contributed by atoms with van der Waals surface area (Å²) in [4.78, 5) is 28.5. The SMILES string of the molecule is CC1=C(C(=O)OC(C)C)C(c2cccc([N+](=O)[O-])c2)n2c(nc3ccccc32)N1. The van der Waals surface area contributed by atoms with Crippen molar-refractivity contribution in [2.75, 3.05) is 5.32 Å². The highest BCUT2D eigenvalue weighted by Crippen LogP contribution is 2.40. The molecular formula is C21H20N4O4. The Labute approximate surface area is 167 Å². The lowest BCUT2D eigenvalue weighted by atomic mass is 9.94. The lowest BCUT2D eigenvalue weighted by molar-refractivity contribution is -0.384. The van der Waals surface area contributed by atoms with Crippen LogP contribution in [0.4, 0.5) is 11.6 Å². The lowest BCUT2D eigenvalue weighted by Gasteiger charge is -2.30. The summed E-state index contributed by atoms with van der Waals surface area (Å²) in [6, 6.07) is 13.3. The number of nitro groups is 1. The second-order valence-corrected chi connectivity index (χ2v) is 7.17. The van der Waals surface area contributed by atoms with Crippen molar-refractivity contribution in [2.24, 2.45) is 0 Å². The maximum absolute atomic E-state index is 13.0. The van der Waals surface area contributed by atoms with Crippen LogP contribution in [0.15, 0.2) is 59.8 Å². The van der Waals surface area contributed by atoms with Crippen LogP contribution in [-0.2, 0) is 9.53 Å². The zero-order valence-corrected chi connectivity index (χ0v) is 16.2. The average Bonchev–Trinajstić information content (AvgIpc) is 3.04. The number of carbonyl (C=O) groups excluding carboxylic acids is 1. The molecule has 0 saturated heterocycles. The summed E-state index contributed by atoms with van der Waals surface area (Å²) in [5, 5.41) is 14.5. The van der Waals surface area contributed by atoms with Crippen molar-refractivity contribution < 1.29 is 14.5 Å². The number of nitrogens with zero attached hydrogens (tertiary/aromatic N) is 3. The van der Waals surface area contributed by atoms with Gasteiger partial charge in [-0.25, -0.2) is 9.78 Å². The number of non-ortho nitro benzene ring substituents is 1. The number of para-hydroxylation sites is 2. The first-order valence-corrected chi connectivity index (χ1v) is 9.27. The standard InChI is InChI=1S/C21H20N4O4/c1-12(2)29-20(26)18-13(3)22-21-23-16-9-4-5-10-17(16)24(21)19(18)14-7-6-8-15(11-14)25(27)28/h4-12,19H,1-3H3,(H,22,23). The number of carbonyl (C=O) groups is 1. The predicted octanol–water partition coefficient (Wildman–Crippen LogP) is 4.19. The highest BCUT2D eigenvalue weighted by atomic mass is 16.6. The van der Waals surface area contributed by atoms with E-state index in [9.17, 15) is 14.9 Å². The van der Waals surface area contributed by atoms with Gasteiger partial charge in [0.05, 0.1) is 33.7 Å². The van der Waals surface area contributed by atoms with Gasteiger partial charge in [-0.2, -0.15) is 0 Å². The largest absolute Gasteiger partial charge is 0.459 e. The molecule has 0 amide bonds. The van der Waals surface area contributed by atoms with Crippen LogP contribution in [0, 0.1) is 10.1 Å². The number of imidazole rings is 1. The molecule has 0 saturated carbocycles. The predicted molar refractivity (Wildman–Crippen MR) is 109 cm³/mol. The number of rotatable bonds is 4. The van der Waals surface area contributed by atoms with Crippen molar-refractivity contribution in [3.8, 4) is 0 Å². The third-order valence-corrected chi connectivity index (χ3v) is 4.79. The van der Waals surface area contributed by atoms with Crippen molar-refractivity contribution in [1.82, 2.24) is 9.55 Å². The number of allylic oxidation sites excluding steroid dienone is 1. The molecule has 8 nitrogen and oxygen atoms in total. The van der Waals surface area contributed by atoms with E-state index in [-0.39, 0.29) is 11.8 Å². The maximum atomic E-state index is 13.0. The Morgan fingerprint density at radius 1 is 1.24 bits per heavy atom. The monoisotopic (exact) mass is 392 g/mol. The lowest BCUT2D eigenvalue weighted by Crippen LogP contribution is -2.30. The molecule has 1 atom stereocenters. The Hall–Kier alpha value is -3.68. The molecule has 0 bridgehead atoms. The summed E-state index contributed by atoms with van der Waals surface area (Å²) in [6.07, 6.45) is -0.297. The highest BCUT2D eigenvalue weighted by Gasteiger charge is 2.35. The molecule has 1 aromatic heterocycles. The molecule has 0 aliphatic carbocycles. The van der Waals surface area contributed by atoms with Crippen LogP contribution < -0.4 is 5.32 Å². The number of nitro benzene ring substituents is 1. The first-order valence-electron chi connectivity index (χ1n) is 9.27. The number of anilines is 1. The number of ether oxygens (including phenoxy) is 1. The number of fused-ring (bicyclic) bond motifs is 3. The van der Waals surface area contributed by atoms with Gasteiger partial charge in [-0.3, -0.25) is 14.7 Å². The zero-order valence-electron chi connectivity index (χ0n) is 16.2. The minimum absolute atomic E-state index is 0.0405. The van der Waals surface area contributed by atoms with E-state index in [2.05, 4.69) is 10.3 Å². The number of benzene rings is 2. The van der Waals surface area contributed by atoms with E-state index in [1.54, 1.807) is 32.9 Å². The second kappa shape index (κ2) is 7.05. The van der Waals surface area contributed by atoms with Crippen LogP contribution in [-0.4, -0.2) is 26.5 Å². The van der Waals surface area contributed by atoms with Crippen molar-refractivity contribution >= 4 is 28.6 Å². The molecule has 0 fully saturated rings. The molecular weight excluding hydrogens is 372 g/mol. The molecule has 1 unspecified atom stereocenters. The first kappa shape index (κ1) is 18.7. The van der Waals surface area contributed by atoms with Gasteiger partial charge < -0.3 is 10.1 Å². The number of aromatic nitrogens is 2. The van der Waals surface area contributed by atoms with Gasteiger partial charge in [-0.05, 0) is 38.5 Å². The van der Waals surface area contributed by atoms with Crippen LogP contribution in [0.25, 0.3) is 11.0 Å². The fourth-order valence-corrected chi connectivity index (χ4v) is 3.63. The fourth-order valence-electron chi connectivity index (χ4n) is 3.63. The summed E-state index contributed by atoms with van der Waals surface area (Å²) in [7, 11) is 0. The minimum atomic E-state index is -0.607. The summed E-state index contributed by atoms with van der Waals surface area (Å²) in [5.41, 5.74) is 3.15. The highest BCUT2D eigenvalue weighted by molar-refractivity contribution is 5.94. The Balaban J connectivity index is 1.97. The Kier molecular flexibility index (Phi) is 4.54. The third kappa shape index (κ3) is 3.22. The first-order chi connectivity index (χ1) is 13.9. The Morgan fingerprint density at radius 2 is 2.00 bits per heavy atom. The van der Waals surface area contributed by atoms with Crippen LogP contribution in [0.3, 0.4) is 0 Å². The molecule has 0 radical (unpaired) electrons. The molecule has 0 spiro atoms. The van der Waals surface area contributed by atoms with Crippen molar-refractivity contribution in [2.45, 2.75) is 32.9 Å². The van der Waals surface area contributed by atoms with Gasteiger partial charge >= 0.3 is 5.97 Å². The van der Waals surface area contributed by atoms with E-state index in [0.29, 0.717) is 22.8 Å². The van der Waals surface area contributed by atoms with Crippen molar-refractivity contribution in [3.63, 3.8) is 0 Å². The van der Waals surface area contributed by atoms with Gasteiger partial charge in [0.2, 0.25) is 5.95 Å². The summed E-state index contributed by atoms with van der Waals surface area (Å²) < 4.78 is 7.38. The number of nitrogens with one attached hydrogen (secondary N) is 1. The van der Waals surface area contributed by atoms with Gasteiger partial charge in [0.15, 0.2) is 0 Å². The normalized spacial score (nSPS) is 15.9. The van der Waals surface area contributed by atoms with Crippen LogP contribution in [0.5, 0.6) is 0 Å². The maximum Gasteiger partial charge on any atom is 0.338 e. The minimum Gasteiger partial charge on any atom is -0.459 e. The van der Waals surface area contributed by atoms with E-state index >= 15 is 0 Å². The summed E-state index contributed by atoms with van der Waals surface area (Å²) >= 11 is 0. The molecule has 1 N–H and O–H groups in total. The van der Waals surface area contributed by atoms with Crippen LogP contribution >= 0.6 is 0 Å². The van der Waals surface area contributed by atoms with E-state index in [0.717, 1.165) is 11.0 Å². The molecule has 29 heavy (non-hydrogen) atoms. The van der Waals surface area contributed by atoms with Gasteiger partial charge in [0.25, 0.3) is 5.69 Å². The third-order valence-electron chi connectivity index (χ3n) is 4.79. The number of hydrogen-bond acceptors (Lipinski definition) is 6. The van der Waals surface area contributed by atoms with Crippen LogP contribution in [0.2, 0.25) is 0 Å². The van der Waals surface area contributed by atoms with E-state index in [4.69, 9.17) is 4.74 Å². The Bertz CT molecular complexity index is 1160. The zero-order chi connectivity index (χ0) is 20.7. The molecule has 1 aliphatic rings. The van der Waals surface area contributed by atoms with Gasteiger partial charge in [-0.1, -0.05) is 24.3 Å². The molecule has 2 heterocycles. The molecule has 8 heteroatoms. The molecule has 148 valence electrons. The molecule has 1 aliphatic heterocycles. The fraction of sp³-hybridized carbons (Fsp3) is 0.238. The van der Waals surface area contributed by atoms with Crippen molar-refractivity contribution in [3.05, 3.63) is 75.5 Å². The number of hydrogen-bond donors (Lipinski definition) is 1. The molecule has 4 rings (SSSR count). The van der Waals surface area contributed by atoms with Crippen molar-refractivity contribution in [1.29, 1.82) is 0 Å². The van der Waals surface area contributed by atoms with E-state index < -0.39 is 16.9 Å². The molecule has 3 aromatic rings. The quantitative estimate of drug-likeness (QED) is 0.406. The summed E-state index contributed by atoms with van der Waals surface area (Å²) in [6.45, 7) is 5.35. The second-order valence-electron chi connectivity index (χ2n) is 7.17. The molecule has 2 aromatic carbocycles. The van der Waals surface area contributed by atoms with Gasteiger partial charge in [-0.15, -0.1) is 0 Å². The number of esters is 1. The van der Waals surface area contributed by atoms with Crippen LogP contribution in [0.1, 0.15) is 32.4 Å². The van der Waals surface area contributed by atoms with E-state index in [1.807, 2.05) is 28.8 Å². The smallest absolute Gasteiger partial charge is 0.338 e. The van der Waals surface area contributed by atoms with E-state index in [1.165, 1.54) is 12.1 Å². The Morgan fingerprint density at radius 3 is 2.72 bits per heavy atom. The topological polar surface area (TPSA) is 99.3 Å². The summed E-state index contributed by atoms with van der Waals surface area (Å²) in [5.74, 6) is 0.103. The van der Waals surface area contributed by atoms with Gasteiger partial charge in [0.1, 0.15) is 0 Å². The van der Waals surface area contributed by atoms with Gasteiger partial charge in [0, 0.05) is 17.8 Å².